The molecule has 0 heterocycles. The van der Waals surface area contributed by atoms with E-state index >= 15 is 0 Å². The Balaban J connectivity index is 1.76. The fourth-order valence-electron chi connectivity index (χ4n) is 5.82. The van der Waals surface area contributed by atoms with Gasteiger partial charge in [0.2, 0.25) is 0 Å². The molecule has 0 spiro atoms. The van der Waals surface area contributed by atoms with Crippen LogP contribution < -0.4 is 10.5 Å². The van der Waals surface area contributed by atoms with Crippen LogP contribution in [0.1, 0.15) is 56.1 Å². The van der Waals surface area contributed by atoms with Crippen molar-refractivity contribution in [2.45, 2.75) is 69.6 Å². The third kappa shape index (κ3) is 3.94. The minimum atomic E-state index is -0.0263. The molecule has 1 aromatic carbocycles. The van der Waals surface area contributed by atoms with Crippen LogP contribution in [0, 0.1) is 16.7 Å². The van der Waals surface area contributed by atoms with E-state index in [0.29, 0.717) is 23.4 Å². The summed E-state index contributed by atoms with van der Waals surface area (Å²) in [6, 6.07) is 4.48. The van der Waals surface area contributed by atoms with Crippen LogP contribution in [0.2, 0.25) is 0 Å². The Hall–Kier alpha value is -1.50. The SMILES string of the molecule is CCCN(CC1CC1)[C@@H]1Cc2ccc(OC)c(N=O)c2C2CC(N)C(OC)CC21. The molecule has 2 fully saturated rings. The molecule has 4 rings (SSSR count). The number of fused-ring (bicyclic) bond motifs is 3. The van der Waals surface area contributed by atoms with Crippen LogP contribution >= 0.6 is 0 Å². The van der Waals surface area contributed by atoms with E-state index in [4.69, 9.17) is 15.2 Å². The molecule has 0 radical (unpaired) electrons. The van der Waals surface area contributed by atoms with Crippen molar-refractivity contribution >= 4 is 5.69 Å². The average molecular weight is 402 g/mol. The van der Waals surface area contributed by atoms with Crippen molar-refractivity contribution in [3.63, 3.8) is 0 Å². The Morgan fingerprint density at radius 3 is 2.66 bits per heavy atom. The van der Waals surface area contributed by atoms with Crippen molar-refractivity contribution in [2.24, 2.45) is 22.7 Å². The zero-order valence-electron chi connectivity index (χ0n) is 18.0. The van der Waals surface area contributed by atoms with E-state index in [2.05, 4.69) is 23.1 Å². The third-order valence-electron chi connectivity index (χ3n) is 7.37. The van der Waals surface area contributed by atoms with Crippen LogP contribution in [0.4, 0.5) is 5.69 Å². The van der Waals surface area contributed by atoms with Crippen LogP contribution in [0.15, 0.2) is 17.3 Å². The molecule has 5 atom stereocenters. The number of ether oxygens (including phenoxy) is 2. The van der Waals surface area contributed by atoms with Crippen molar-refractivity contribution in [1.29, 1.82) is 0 Å². The minimum Gasteiger partial charge on any atom is -0.494 e. The Morgan fingerprint density at radius 2 is 2.03 bits per heavy atom. The van der Waals surface area contributed by atoms with Gasteiger partial charge in [-0.2, -0.15) is 0 Å². The number of nitroso groups, excluding NO2 is 1. The van der Waals surface area contributed by atoms with Gasteiger partial charge in [-0.05, 0) is 85.2 Å². The first-order valence-corrected chi connectivity index (χ1v) is 11.2. The molecule has 160 valence electrons. The predicted octanol–water partition coefficient (Wildman–Crippen LogP) is 3.98. The maximum absolute atomic E-state index is 11.8. The van der Waals surface area contributed by atoms with E-state index in [0.717, 1.165) is 43.7 Å². The molecule has 6 heteroatoms. The Bertz CT molecular complexity index is 736. The first-order valence-electron chi connectivity index (χ1n) is 11.2. The summed E-state index contributed by atoms with van der Waals surface area (Å²) < 4.78 is 11.2. The van der Waals surface area contributed by atoms with Gasteiger partial charge in [0, 0.05) is 25.7 Å². The fraction of sp³-hybridized carbons (Fsp3) is 0.739. The fourth-order valence-corrected chi connectivity index (χ4v) is 5.82. The van der Waals surface area contributed by atoms with Gasteiger partial charge in [-0.3, -0.25) is 4.90 Å². The smallest absolute Gasteiger partial charge is 0.153 e. The van der Waals surface area contributed by atoms with Crippen LogP contribution in [-0.2, 0) is 11.2 Å². The number of benzene rings is 1. The molecular formula is C23H35N3O3. The highest BCUT2D eigenvalue weighted by Gasteiger charge is 2.47. The van der Waals surface area contributed by atoms with E-state index in [1.54, 1.807) is 14.2 Å². The molecule has 3 aliphatic carbocycles. The second-order valence-corrected chi connectivity index (χ2v) is 9.17. The molecule has 0 amide bonds. The van der Waals surface area contributed by atoms with E-state index in [-0.39, 0.29) is 18.1 Å². The van der Waals surface area contributed by atoms with Crippen LogP contribution in [-0.4, -0.2) is 50.4 Å². The maximum Gasteiger partial charge on any atom is 0.153 e. The summed E-state index contributed by atoms with van der Waals surface area (Å²) >= 11 is 0. The second kappa shape index (κ2) is 8.70. The maximum atomic E-state index is 11.8. The summed E-state index contributed by atoms with van der Waals surface area (Å²) in [6.07, 6.45) is 6.67. The lowest BCUT2D eigenvalue weighted by molar-refractivity contribution is -0.00674. The first kappa shape index (κ1) is 20.8. The van der Waals surface area contributed by atoms with Gasteiger partial charge in [-0.1, -0.05) is 13.0 Å². The molecular weight excluding hydrogens is 366 g/mol. The van der Waals surface area contributed by atoms with Crippen LogP contribution in [0.25, 0.3) is 0 Å². The highest BCUT2D eigenvalue weighted by Crippen LogP contribution is 2.52. The molecule has 29 heavy (non-hydrogen) atoms. The lowest BCUT2D eigenvalue weighted by Crippen LogP contribution is -2.54. The Labute approximate surface area is 174 Å². The molecule has 2 N–H and O–H groups in total. The third-order valence-corrected chi connectivity index (χ3v) is 7.37. The van der Waals surface area contributed by atoms with Gasteiger partial charge in [0.05, 0.1) is 13.2 Å². The quantitative estimate of drug-likeness (QED) is 0.667. The van der Waals surface area contributed by atoms with E-state index in [9.17, 15) is 4.91 Å². The molecule has 0 saturated heterocycles. The van der Waals surface area contributed by atoms with Gasteiger partial charge in [-0.25, -0.2) is 0 Å². The first-order chi connectivity index (χ1) is 14.1. The molecule has 2 saturated carbocycles. The van der Waals surface area contributed by atoms with Gasteiger partial charge in [0.15, 0.2) is 5.69 Å². The number of nitrogens with zero attached hydrogens (tertiary/aromatic N) is 2. The number of nitrogens with two attached hydrogens (primary N) is 1. The Morgan fingerprint density at radius 1 is 1.24 bits per heavy atom. The monoisotopic (exact) mass is 401 g/mol. The highest BCUT2D eigenvalue weighted by atomic mass is 16.5. The summed E-state index contributed by atoms with van der Waals surface area (Å²) in [5, 5.41) is 3.41. The molecule has 0 aliphatic heterocycles. The number of hydrogen-bond donors (Lipinski definition) is 1. The van der Waals surface area contributed by atoms with E-state index in [1.807, 2.05) is 6.07 Å². The highest BCUT2D eigenvalue weighted by molar-refractivity contribution is 5.63. The van der Waals surface area contributed by atoms with Gasteiger partial charge in [-0.15, -0.1) is 4.91 Å². The van der Waals surface area contributed by atoms with Crippen molar-refractivity contribution in [1.82, 2.24) is 4.90 Å². The number of hydrogen-bond acceptors (Lipinski definition) is 6. The van der Waals surface area contributed by atoms with Gasteiger partial charge < -0.3 is 15.2 Å². The molecule has 1 aromatic rings. The van der Waals surface area contributed by atoms with Crippen molar-refractivity contribution in [3.05, 3.63) is 28.2 Å². The standard InChI is InChI=1S/C23H35N3O3/c1-4-9-26(13-14-5-6-14)19-10-15-7-8-20(28-2)23(25-27)22(15)17-11-18(24)21(29-3)12-16(17)19/h7-8,14,16-19,21H,4-6,9-13,24H2,1-3H3/t16?,17?,18?,19-,21?/m1/s1. The predicted molar refractivity (Wildman–Crippen MR) is 115 cm³/mol. The van der Waals surface area contributed by atoms with Gasteiger partial charge in [0.1, 0.15) is 5.75 Å². The lowest BCUT2D eigenvalue weighted by Gasteiger charge is -2.50. The summed E-state index contributed by atoms with van der Waals surface area (Å²) in [5.74, 6) is 2.08. The zero-order chi connectivity index (χ0) is 20.5. The molecule has 4 unspecified atom stereocenters. The molecule has 0 aromatic heterocycles. The van der Waals surface area contributed by atoms with Gasteiger partial charge in [0.25, 0.3) is 0 Å². The second-order valence-electron chi connectivity index (χ2n) is 9.17. The molecule has 0 bridgehead atoms. The lowest BCUT2D eigenvalue weighted by atomic mass is 9.63. The minimum absolute atomic E-state index is 0.0263. The molecule has 3 aliphatic rings. The van der Waals surface area contributed by atoms with Crippen molar-refractivity contribution in [3.8, 4) is 5.75 Å². The van der Waals surface area contributed by atoms with E-state index in [1.165, 1.54) is 24.9 Å². The largest absolute Gasteiger partial charge is 0.494 e. The van der Waals surface area contributed by atoms with Crippen molar-refractivity contribution < 1.29 is 9.47 Å². The summed E-state index contributed by atoms with van der Waals surface area (Å²) in [6.45, 7) is 4.58. The van der Waals surface area contributed by atoms with Crippen LogP contribution in [0.3, 0.4) is 0 Å². The van der Waals surface area contributed by atoms with Crippen molar-refractivity contribution in [2.75, 3.05) is 27.3 Å². The average Bonchev–Trinajstić information content (AvgIpc) is 3.55. The normalized spacial score (nSPS) is 31.3. The number of rotatable bonds is 8. The summed E-state index contributed by atoms with van der Waals surface area (Å²) in [5.41, 5.74) is 9.31. The van der Waals surface area contributed by atoms with E-state index < -0.39 is 0 Å². The Kier molecular flexibility index (Phi) is 6.23. The number of methoxy groups -OCH3 is 2. The summed E-state index contributed by atoms with van der Waals surface area (Å²) in [7, 11) is 3.37. The molecule has 6 nitrogen and oxygen atoms in total. The van der Waals surface area contributed by atoms with Crippen LogP contribution in [0.5, 0.6) is 5.75 Å². The zero-order valence-corrected chi connectivity index (χ0v) is 18.0. The van der Waals surface area contributed by atoms with Gasteiger partial charge >= 0.3 is 0 Å². The summed E-state index contributed by atoms with van der Waals surface area (Å²) in [4.78, 5) is 14.5. The topological polar surface area (TPSA) is 77.2 Å².